The van der Waals surface area contributed by atoms with Crippen molar-refractivity contribution in [2.75, 3.05) is 11.9 Å². The van der Waals surface area contributed by atoms with Crippen LogP contribution in [0.4, 0.5) is 10.1 Å². The molecule has 1 aliphatic heterocycles. The molecule has 0 saturated carbocycles. The summed E-state index contributed by atoms with van der Waals surface area (Å²) in [6.07, 6.45) is 1.03. The van der Waals surface area contributed by atoms with Gasteiger partial charge in [0.05, 0.1) is 23.4 Å². The summed E-state index contributed by atoms with van der Waals surface area (Å²) < 4.78 is 18.3. The number of nitriles is 1. The smallest absolute Gasteiger partial charge is 0.124 e. The van der Waals surface area contributed by atoms with Gasteiger partial charge in [0.1, 0.15) is 11.9 Å². The van der Waals surface area contributed by atoms with E-state index in [0.717, 1.165) is 13.0 Å². The minimum atomic E-state index is -0.391. The first-order valence-corrected chi connectivity index (χ1v) is 5.28. The molecule has 0 radical (unpaired) electrons. The first-order valence-electron chi connectivity index (χ1n) is 5.28. The Balaban J connectivity index is 2.18. The molecule has 1 saturated heterocycles. The van der Waals surface area contributed by atoms with Crippen molar-refractivity contribution in [1.82, 2.24) is 0 Å². The lowest BCUT2D eigenvalue weighted by Crippen LogP contribution is -2.27. The van der Waals surface area contributed by atoms with Gasteiger partial charge >= 0.3 is 0 Å². The Hall–Kier alpha value is -1.60. The van der Waals surface area contributed by atoms with Crippen molar-refractivity contribution in [3.05, 3.63) is 29.6 Å². The van der Waals surface area contributed by atoms with Crippen LogP contribution in [0.25, 0.3) is 0 Å². The summed E-state index contributed by atoms with van der Waals surface area (Å²) in [4.78, 5) is 0. The van der Waals surface area contributed by atoms with E-state index in [-0.39, 0.29) is 12.1 Å². The minimum Gasteiger partial charge on any atom is -0.379 e. The van der Waals surface area contributed by atoms with Gasteiger partial charge in [-0.25, -0.2) is 4.39 Å². The largest absolute Gasteiger partial charge is 0.379 e. The normalized spacial score (nSPS) is 24.1. The van der Waals surface area contributed by atoms with E-state index in [0.29, 0.717) is 11.3 Å². The molecule has 1 fully saturated rings. The standard InChI is InChI=1S/C12H13FN2O/c1-8-11(4-5-16-8)15-12-3-2-10(13)6-9(12)7-14/h2-3,6,8,11,15H,4-5H2,1H3. The molecule has 0 amide bonds. The number of hydrogen-bond acceptors (Lipinski definition) is 3. The van der Waals surface area contributed by atoms with Crippen LogP contribution in [-0.4, -0.2) is 18.8 Å². The van der Waals surface area contributed by atoms with Crippen LogP contribution >= 0.6 is 0 Å². The lowest BCUT2D eigenvalue weighted by molar-refractivity contribution is 0.121. The van der Waals surface area contributed by atoms with Crippen LogP contribution in [0.5, 0.6) is 0 Å². The van der Waals surface area contributed by atoms with Gasteiger partial charge in [0.15, 0.2) is 0 Å². The fraction of sp³-hybridized carbons (Fsp3) is 0.417. The first kappa shape index (κ1) is 10.9. The van der Waals surface area contributed by atoms with E-state index in [4.69, 9.17) is 10.00 Å². The molecule has 2 atom stereocenters. The third-order valence-electron chi connectivity index (χ3n) is 2.82. The van der Waals surface area contributed by atoms with E-state index in [1.54, 1.807) is 6.07 Å². The Morgan fingerprint density at radius 3 is 3.00 bits per heavy atom. The number of ether oxygens (including phenoxy) is 1. The lowest BCUT2D eigenvalue weighted by Gasteiger charge is -2.18. The molecule has 3 nitrogen and oxygen atoms in total. The van der Waals surface area contributed by atoms with Gasteiger partial charge in [0.2, 0.25) is 0 Å². The molecule has 1 aromatic rings. The zero-order chi connectivity index (χ0) is 11.5. The van der Waals surface area contributed by atoms with Crippen molar-refractivity contribution >= 4 is 5.69 Å². The van der Waals surface area contributed by atoms with Crippen molar-refractivity contribution in [2.24, 2.45) is 0 Å². The van der Waals surface area contributed by atoms with E-state index < -0.39 is 5.82 Å². The quantitative estimate of drug-likeness (QED) is 0.831. The summed E-state index contributed by atoms with van der Waals surface area (Å²) in [7, 11) is 0. The molecule has 0 aliphatic carbocycles. The molecule has 16 heavy (non-hydrogen) atoms. The summed E-state index contributed by atoms with van der Waals surface area (Å²) in [5.74, 6) is -0.391. The zero-order valence-corrected chi connectivity index (χ0v) is 9.03. The Bertz CT molecular complexity index is 428. The predicted octanol–water partition coefficient (Wildman–Crippen LogP) is 2.29. The minimum absolute atomic E-state index is 0.122. The van der Waals surface area contributed by atoms with Crippen LogP contribution in [-0.2, 0) is 4.74 Å². The number of rotatable bonds is 2. The Morgan fingerprint density at radius 1 is 1.56 bits per heavy atom. The number of halogens is 1. The molecule has 0 bridgehead atoms. The van der Waals surface area contributed by atoms with Gasteiger partial charge in [-0.2, -0.15) is 5.26 Å². The predicted molar refractivity (Wildman–Crippen MR) is 58.6 cm³/mol. The zero-order valence-electron chi connectivity index (χ0n) is 9.03. The molecule has 1 heterocycles. The van der Waals surface area contributed by atoms with E-state index in [9.17, 15) is 4.39 Å². The van der Waals surface area contributed by atoms with E-state index >= 15 is 0 Å². The highest BCUT2D eigenvalue weighted by Crippen LogP contribution is 2.22. The highest BCUT2D eigenvalue weighted by molar-refractivity contribution is 5.58. The Kier molecular flexibility index (Phi) is 3.07. The van der Waals surface area contributed by atoms with E-state index in [1.807, 2.05) is 13.0 Å². The van der Waals surface area contributed by atoms with E-state index in [1.165, 1.54) is 12.1 Å². The van der Waals surface area contributed by atoms with Gasteiger partial charge in [-0.05, 0) is 31.5 Å². The van der Waals surface area contributed by atoms with Crippen LogP contribution in [0.2, 0.25) is 0 Å². The van der Waals surface area contributed by atoms with Crippen LogP contribution < -0.4 is 5.32 Å². The average Bonchev–Trinajstić information content (AvgIpc) is 2.67. The SMILES string of the molecule is CC1OCCC1Nc1ccc(F)cc1C#N. The second-order valence-corrected chi connectivity index (χ2v) is 3.92. The number of hydrogen-bond donors (Lipinski definition) is 1. The van der Waals surface area contributed by atoms with Crippen molar-refractivity contribution in [2.45, 2.75) is 25.5 Å². The van der Waals surface area contributed by atoms with Crippen molar-refractivity contribution in [1.29, 1.82) is 5.26 Å². The number of anilines is 1. The molecule has 1 aliphatic rings. The third-order valence-corrected chi connectivity index (χ3v) is 2.82. The molecule has 0 aromatic heterocycles. The fourth-order valence-electron chi connectivity index (χ4n) is 1.86. The monoisotopic (exact) mass is 220 g/mol. The second kappa shape index (κ2) is 4.50. The first-order chi connectivity index (χ1) is 7.70. The summed E-state index contributed by atoms with van der Waals surface area (Å²) in [5.41, 5.74) is 1.00. The number of nitrogens with one attached hydrogen (secondary N) is 1. The summed E-state index contributed by atoms with van der Waals surface area (Å²) >= 11 is 0. The van der Waals surface area contributed by atoms with Gasteiger partial charge in [-0.15, -0.1) is 0 Å². The molecule has 4 heteroatoms. The van der Waals surface area contributed by atoms with Gasteiger partial charge < -0.3 is 10.1 Å². The highest BCUT2D eigenvalue weighted by Gasteiger charge is 2.24. The molecule has 0 spiro atoms. The average molecular weight is 220 g/mol. The highest BCUT2D eigenvalue weighted by atomic mass is 19.1. The van der Waals surface area contributed by atoms with Crippen LogP contribution in [0, 0.1) is 17.1 Å². The van der Waals surface area contributed by atoms with Crippen molar-refractivity contribution in [3.8, 4) is 6.07 Å². The second-order valence-electron chi connectivity index (χ2n) is 3.92. The van der Waals surface area contributed by atoms with Crippen molar-refractivity contribution < 1.29 is 9.13 Å². The molecule has 1 aromatic carbocycles. The molecule has 2 unspecified atom stereocenters. The summed E-state index contributed by atoms with van der Waals surface area (Å²) in [6.45, 7) is 2.71. The van der Waals surface area contributed by atoms with E-state index in [2.05, 4.69) is 5.32 Å². The van der Waals surface area contributed by atoms with Gasteiger partial charge in [-0.3, -0.25) is 0 Å². The molecule has 2 rings (SSSR count). The maximum atomic E-state index is 12.9. The number of nitrogens with zero attached hydrogens (tertiary/aromatic N) is 1. The third kappa shape index (κ3) is 2.15. The van der Waals surface area contributed by atoms with Crippen LogP contribution in [0.1, 0.15) is 18.9 Å². The van der Waals surface area contributed by atoms with Crippen molar-refractivity contribution in [3.63, 3.8) is 0 Å². The maximum absolute atomic E-state index is 12.9. The topological polar surface area (TPSA) is 45.0 Å². The fourth-order valence-corrected chi connectivity index (χ4v) is 1.86. The Morgan fingerprint density at radius 2 is 2.38 bits per heavy atom. The van der Waals surface area contributed by atoms with Crippen LogP contribution in [0.3, 0.4) is 0 Å². The Labute approximate surface area is 93.8 Å². The van der Waals surface area contributed by atoms with Gasteiger partial charge in [0, 0.05) is 6.61 Å². The number of benzene rings is 1. The molecular formula is C12H13FN2O. The maximum Gasteiger partial charge on any atom is 0.124 e. The summed E-state index contributed by atoms with van der Waals surface area (Å²) in [6, 6.07) is 6.36. The van der Waals surface area contributed by atoms with Crippen LogP contribution in [0.15, 0.2) is 18.2 Å². The lowest BCUT2D eigenvalue weighted by atomic mass is 10.1. The molecule has 84 valence electrons. The molecular weight excluding hydrogens is 207 g/mol. The molecule has 1 N–H and O–H groups in total. The van der Waals surface area contributed by atoms with Gasteiger partial charge in [-0.1, -0.05) is 0 Å². The van der Waals surface area contributed by atoms with Gasteiger partial charge in [0.25, 0.3) is 0 Å². The summed E-state index contributed by atoms with van der Waals surface area (Å²) in [5, 5.41) is 12.1.